The van der Waals surface area contributed by atoms with Crippen molar-refractivity contribution in [2.75, 3.05) is 46.6 Å². The number of esters is 2. The molecule has 0 atom stereocenters. The number of rotatable bonds is 33. The van der Waals surface area contributed by atoms with Gasteiger partial charge in [0.2, 0.25) is 0 Å². The number of hydrogen-bond donors (Lipinski definition) is 0. The van der Waals surface area contributed by atoms with E-state index in [-0.39, 0.29) is 11.9 Å². The average molecular weight is 608 g/mol. The molecule has 252 valence electrons. The molecule has 0 radical (unpaired) electrons. The third-order valence-corrected chi connectivity index (χ3v) is 7.79. The third kappa shape index (κ3) is 33.1. The minimum atomic E-state index is -0.0943. The van der Waals surface area contributed by atoms with E-state index in [9.17, 15) is 9.59 Å². The molecule has 0 rings (SSSR count). The summed E-state index contributed by atoms with van der Waals surface area (Å²) in [6.45, 7) is 8.93. The number of methoxy groups -OCH3 is 1. The highest BCUT2D eigenvalue weighted by molar-refractivity contribution is 5.69. The van der Waals surface area contributed by atoms with Crippen LogP contribution in [0.4, 0.5) is 0 Å². The second kappa shape index (κ2) is 34.8. The van der Waals surface area contributed by atoms with Crippen LogP contribution in [-0.4, -0.2) is 63.4 Å². The predicted molar refractivity (Wildman–Crippen MR) is 181 cm³/mol. The normalized spacial score (nSPS) is 11.7. The van der Waals surface area contributed by atoms with Crippen molar-refractivity contribution in [2.45, 2.75) is 155 Å². The van der Waals surface area contributed by atoms with Gasteiger partial charge in [-0.1, -0.05) is 115 Å². The zero-order valence-corrected chi connectivity index (χ0v) is 28.6. The Morgan fingerprint density at radius 2 is 0.930 bits per heavy atom. The second-order valence-corrected chi connectivity index (χ2v) is 11.9. The molecule has 0 spiro atoms. The first-order valence-electron chi connectivity index (χ1n) is 18.0. The highest BCUT2D eigenvalue weighted by Gasteiger charge is 2.07. The minimum Gasteiger partial charge on any atom is -0.461 e. The first-order chi connectivity index (χ1) is 21.1. The van der Waals surface area contributed by atoms with Crippen molar-refractivity contribution in [2.24, 2.45) is 0 Å². The standard InChI is InChI=1S/C37H69NO5/c1-4-6-8-10-12-14-16-18-26-33-42-36(39)28-22-20-24-30-38(32-35-41-3)31-25-21-23-29-37(40)43-34-27-19-17-15-13-11-9-7-5-2/h18-19,26-27H,4-17,20-25,28-35H2,1-3H3/b26-18-,27-19-. The number of allylic oxidation sites excluding steroid dienone is 2. The summed E-state index contributed by atoms with van der Waals surface area (Å²) in [5.41, 5.74) is 0. The van der Waals surface area contributed by atoms with Crippen molar-refractivity contribution in [1.82, 2.24) is 4.90 Å². The van der Waals surface area contributed by atoms with Crippen LogP contribution >= 0.6 is 0 Å². The van der Waals surface area contributed by atoms with Gasteiger partial charge in [0.25, 0.3) is 0 Å². The van der Waals surface area contributed by atoms with E-state index in [4.69, 9.17) is 14.2 Å². The van der Waals surface area contributed by atoms with E-state index < -0.39 is 0 Å². The van der Waals surface area contributed by atoms with Crippen molar-refractivity contribution in [3.8, 4) is 0 Å². The summed E-state index contributed by atoms with van der Waals surface area (Å²) in [6, 6.07) is 0. The smallest absolute Gasteiger partial charge is 0.306 e. The maximum Gasteiger partial charge on any atom is 0.306 e. The molecule has 43 heavy (non-hydrogen) atoms. The number of unbranched alkanes of at least 4 members (excludes halogenated alkanes) is 16. The summed E-state index contributed by atoms with van der Waals surface area (Å²) in [4.78, 5) is 26.4. The fourth-order valence-electron chi connectivity index (χ4n) is 5.00. The van der Waals surface area contributed by atoms with Crippen LogP contribution in [0.5, 0.6) is 0 Å². The van der Waals surface area contributed by atoms with E-state index in [1.807, 2.05) is 12.2 Å². The van der Waals surface area contributed by atoms with Gasteiger partial charge in [-0.2, -0.15) is 0 Å². The Labute approximate surface area is 266 Å². The van der Waals surface area contributed by atoms with Crippen LogP contribution < -0.4 is 0 Å². The lowest BCUT2D eigenvalue weighted by Gasteiger charge is -2.21. The molecule has 0 aliphatic carbocycles. The van der Waals surface area contributed by atoms with Crippen LogP contribution in [0.25, 0.3) is 0 Å². The summed E-state index contributed by atoms with van der Waals surface area (Å²) in [5, 5.41) is 0. The number of hydrogen-bond acceptors (Lipinski definition) is 6. The number of ether oxygens (including phenoxy) is 3. The van der Waals surface area contributed by atoms with Crippen molar-refractivity contribution >= 4 is 11.9 Å². The summed E-state index contributed by atoms with van der Waals surface area (Å²) in [5.74, 6) is -0.189. The Morgan fingerprint density at radius 1 is 0.512 bits per heavy atom. The minimum absolute atomic E-state index is 0.0943. The van der Waals surface area contributed by atoms with Gasteiger partial charge in [0.15, 0.2) is 0 Å². The Kier molecular flexibility index (Phi) is 33.5. The first-order valence-corrected chi connectivity index (χ1v) is 18.0. The van der Waals surface area contributed by atoms with Crippen LogP contribution in [0.3, 0.4) is 0 Å². The molecule has 6 heteroatoms. The fraction of sp³-hybridized carbons (Fsp3) is 0.838. The molecule has 0 aromatic carbocycles. The molecule has 0 aliphatic rings. The van der Waals surface area contributed by atoms with E-state index >= 15 is 0 Å². The molecule has 0 heterocycles. The lowest BCUT2D eigenvalue weighted by Crippen LogP contribution is -2.29. The van der Waals surface area contributed by atoms with Gasteiger partial charge >= 0.3 is 11.9 Å². The third-order valence-electron chi connectivity index (χ3n) is 7.79. The van der Waals surface area contributed by atoms with Gasteiger partial charge in [0.1, 0.15) is 13.2 Å². The number of carbonyl (C=O) groups is 2. The Hall–Kier alpha value is -1.66. The quantitative estimate of drug-likeness (QED) is 0.0420. The molecule has 0 aromatic heterocycles. The van der Waals surface area contributed by atoms with Crippen molar-refractivity contribution in [3.63, 3.8) is 0 Å². The van der Waals surface area contributed by atoms with E-state index in [1.165, 1.54) is 77.0 Å². The van der Waals surface area contributed by atoms with Crippen LogP contribution in [-0.2, 0) is 23.8 Å². The van der Waals surface area contributed by atoms with Gasteiger partial charge in [-0.3, -0.25) is 9.59 Å². The Balaban J connectivity index is 3.77. The summed E-state index contributed by atoms with van der Waals surface area (Å²) >= 11 is 0. The monoisotopic (exact) mass is 608 g/mol. The molecule has 0 fully saturated rings. The van der Waals surface area contributed by atoms with Crippen LogP contribution in [0.2, 0.25) is 0 Å². The molecule has 0 aliphatic heterocycles. The fourth-order valence-corrected chi connectivity index (χ4v) is 5.00. The average Bonchev–Trinajstić information content (AvgIpc) is 3.00. The topological polar surface area (TPSA) is 65.1 Å². The molecular formula is C37H69NO5. The van der Waals surface area contributed by atoms with E-state index in [0.29, 0.717) is 26.1 Å². The molecule has 0 saturated heterocycles. The number of carbonyl (C=O) groups excluding carboxylic acids is 2. The van der Waals surface area contributed by atoms with Gasteiger partial charge in [-0.25, -0.2) is 0 Å². The highest BCUT2D eigenvalue weighted by Crippen LogP contribution is 2.10. The Bertz CT molecular complexity index is 611. The van der Waals surface area contributed by atoms with Gasteiger partial charge in [0, 0.05) is 26.5 Å². The number of nitrogens with zero attached hydrogens (tertiary/aromatic N) is 1. The highest BCUT2D eigenvalue weighted by atomic mass is 16.5. The van der Waals surface area contributed by atoms with Gasteiger partial charge in [-0.05, 0) is 64.5 Å². The van der Waals surface area contributed by atoms with Crippen LogP contribution in [0.15, 0.2) is 24.3 Å². The van der Waals surface area contributed by atoms with E-state index in [2.05, 4.69) is 30.9 Å². The molecule has 6 nitrogen and oxygen atoms in total. The maximum absolute atomic E-state index is 12.0. The summed E-state index contributed by atoms with van der Waals surface area (Å²) in [6.07, 6.45) is 33.0. The summed E-state index contributed by atoms with van der Waals surface area (Å²) < 4.78 is 16.0. The van der Waals surface area contributed by atoms with Gasteiger partial charge in [-0.15, -0.1) is 0 Å². The molecule has 0 amide bonds. The molecular weight excluding hydrogens is 538 g/mol. The summed E-state index contributed by atoms with van der Waals surface area (Å²) in [7, 11) is 1.74. The SMILES string of the molecule is CCCCCCCC/C=C\COC(=O)CCCCCN(CCCCCC(=O)OC/C=C\CCCCCCCC)CCOC. The van der Waals surface area contributed by atoms with Gasteiger partial charge in [0.05, 0.1) is 6.61 Å². The molecule has 0 N–H and O–H groups in total. The molecule has 0 saturated carbocycles. The zero-order valence-electron chi connectivity index (χ0n) is 28.6. The van der Waals surface area contributed by atoms with Crippen molar-refractivity contribution < 1.29 is 23.8 Å². The van der Waals surface area contributed by atoms with E-state index in [0.717, 1.165) is 77.6 Å². The maximum atomic E-state index is 12.0. The molecule has 0 bridgehead atoms. The van der Waals surface area contributed by atoms with E-state index in [1.54, 1.807) is 7.11 Å². The first kappa shape index (κ1) is 41.3. The largest absolute Gasteiger partial charge is 0.461 e. The van der Waals surface area contributed by atoms with Crippen molar-refractivity contribution in [1.29, 1.82) is 0 Å². The lowest BCUT2D eigenvalue weighted by atomic mass is 10.1. The second-order valence-electron chi connectivity index (χ2n) is 11.9. The van der Waals surface area contributed by atoms with Crippen LogP contribution in [0, 0.1) is 0 Å². The Morgan fingerprint density at radius 3 is 1.37 bits per heavy atom. The van der Waals surface area contributed by atoms with Crippen LogP contribution in [0.1, 0.15) is 155 Å². The predicted octanol–water partition coefficient (Wildman–Crippen LogP) is 9.76. The molecule has 0 aromatic rings. The zero-order chi connectivity index (χ0) is 31.5. The molecule has 0 unspecified atom stereocenters. The van der Waals surface area contributed by atoms with Crippen molar-refractivity contribution in [3.05, 3.63) is 24.3 Å². The lowest BCUT2D eigenvalue weighted by molar-refractivity contribution is -0.143. The van der Waals surface area contributed by atoms with Gasteiger partial charge < -0.3 is 19.1 Å².